The molecule has 8 rings (SSSR count). The van der Waals surface area contributed by atoms with Gasteiger partial charge in [-0.15, -0.1) is 51.6 Å². The Hall–Kier alpha value is -4.60. The number of benzene rings is 5. The molecular weight excluding hydrogens is 699 g/mol. The molecule has 0 aliphatic carbocycles. The van der Waals surface area contributed by atoms with Crippen LogP contribution in [0.3, 0.4) is 0 Å². The second kappa shape index (κ2) is 13.1. The topological polar surface area (TPSA) is 22.6 Å². The van der Waals surface area contributed by atoms with Crippen molar-refractivity contribution in [3.05, 3.63) is 164 Å². The second-order valence-electron chi connectivity index (χ2n) is 12.7. The standard InChI is InChI=1S/C42H33N4S.Pd/c1-42(2,3)30-18-20-31(21-19-30)44-25-26-45(29-44)32-11-10-12-33(27-32)47-34-22-23-38-36-14-5-4-13-35(36)37-15-6-7-16-39(37)46(40(38)28-34)41-17-8-9-24-43-41;/h4-26,29H,1-3H3;/q-3;. The molecular formula is C42H33N4PdS-3. The van der Waals surface area contributed by atoms with Gasteiger partial charge >= 0.3 is 0 Å². The van der Waals surface area contributed by atoms with Gasteiger partial charge in [-0.3, -0.25) is 0 Å². The summed E-state index contributed by atoms with van der Waals surface area (Å²) in [4.78, 5) is 13.3. The van der Waals surface area contributed by atoms with Crippen molar-refractivity contribution < 1.29 is 20.4 Å². The zero-order chi connectivity index (χ0) is 32.0. The Morgan fingerprint density at radius 1 is 0.625 bits per heavy atom. The Kier molecular flexibility index (Phi) is 8.75. The van der Waals surface area contributed by atoms with Gasteiger partial charge in [-0.1, -0.05) is 92.7 Å². The van der Waals surface area contributed by atoms with Gasteiger partial charge < -0.3 is 14.7 Å². The number of rotatable bonds is 5. The van der Waals surface area contributed by atoms with E-state index in [-0.39, 0.29) is 25.8 Å². The maximum absolute atomic E-state index is 4.79. The molecule has 0 radical (unpaired) electrons. The normalized spacial score (nSPS) is 13.4. The minimum atomic E-state index is 0. The molecule has 0 N–H and O–H groups in total. The zero-order valence-corrected chi connectivity index (χ0v) is 29.2. The van der Waals surface area contributed by atoms with Crippen LogP contribution in [-0.4, -0.2) is 4.98 Å². The van der Waals surface area contributed by atoms with Crippen molar-refractivity contribution in [1.29, 1.82) is 0 Å². The van der Waals surface area contributed by atoms with Crippen LogP contribution in [0.4, 0.5) is 28.6 Å². The fraction of sp³-hybridized carbons (Fsp3) is 0.0952. The molecule has 0 atom stereocenters. The molecule has 2 aliphatic rings. The number of pyridine rings is 1. The predicted octanol–water partition coefficient (Wildman–Crippen LogP) is 11.2. The van der Waals surface area contributed by atoms with Gasteiger partial charge in [-0.2, -0.15) is 30.3 Å². The van der Waals surface area contributed by atoms with E-state index in [4.69, 9.17) is 4.98 Å². The average Bonchev–Trinajstić information content (AvgIpc) is 3.56. The summed E-state index contributed by atoms with van der Waals surface area (Å²) in [5.41, 5.74) is 10.3. The van der Waals surface area contributed by atoms with E-state index >= 15 is 0 Å². The van der Waals surface area contributed by atoms with Crippen molar-refractivity contribution in [3.8, 4) is 22.3 Å². The van der Waals surface area contributed by atoms with Crippen LogP contribution in [0.2, 0.25) is 0 Å². The van der Waals surface area contributed by atoms with Crippen LogP contribution in [0.1, 0.15) is 26.3 Å². The van der Waals surface area contributed by atoms with Gasteiger partial charge in [0.2, 0.25) is 0 Å². The summed E-state index contributed by atoms with van der Waals surface area (Å²) in [5, 5.41) is 0. The summed E-state index contributed by atoms with van der Waals surface area (Å²) in [7, 11) is 0. The number of hydrogen-bond acceptors (Lipinski definition) is 5. The summed E-state index contributed by atoms with van der Waals surface area (Å²) < 4.78 is 0. The molecule has 0 unspecified atom stereocenters. The molecule has 5 aromatic carbocycles. The zero-order valence-electron chi connectivity index (χ0n) is 26.9. The van der Waals surface area contributed by atoms with Gasteiger partial charge in [0.25, 0.3) is 0 Å². The molecule has 48 heavy (non-hydrogen) atoms. The Bertz CT molecular complexity index is 2100. The Morgan fingerprint density at radius 3 is 2.06 bits per heavy atom. The Balaban J connectivity index is 0.00000364. The van der Waals surface area contributed by atoms with Gasteiger partial charge in [0, 0.05) is 37.9 Å². The number of nitrogens with zero attached hydrogens (tertiary/aromatic N) is 4. The first-order chi connectivity index (χ1) is 22.9. The van der Waals surface area contributed by atoms with E-state index in [2.05, 4.69) is 176 Å². The van der Waals surface area contributed by atoms with Gasteiger partial charge in [0.1, 0.15) is 5.82 Å². The Morgan fingerprint density at radius 2 is 1.31 bits per heavy atom. The van der Waals surface area contributed by atoms with E-state index in [1.54, 1.807) is 11.8 Å². The molecule has 3 heterocycles. The number of para-hydroxylation sites is 1. The summed E-state index contributed by atoms with van der Waals surface area (Å²) in [5.74, 6) is 0.856. The molecule has 1 aromatic heterocycles. The number of fused-ring (bicyclic) bond motifs is 5. The molecule has 0 saturated carbocycles. The molecule has 6 heteroatoms. The van der Waals surface area contributed by atoms with Crippen LogP contribution < -0.4 is 14.7 Å². The summed E-state index contributed by atoms with van der Waals surface area (Å²) in [6.45, 7) is 8.82. The fourth-order valence-corrected chi connectivity index (χ4v) is 6.98. The maximum atomic E-state index is 4.79. The molecule has 4 nitrogen and oxygen atoms in total. The molecule has 240 valence electrons. The molecule has 0 spiro atoms. The van der Waals surface area contributed by atoms with E-state index in [0.29, 0.717) is 0 Å². The predicted molar refractivity (Wildman–Crippen MR) is 195 cm³/mol. The largest absolute Gasteiger partial charge is 0.500 e. The van der Waals surface area contributed by atoms with Crippen LogP contribution in [-0.2, 0) is 25.8 Å². The smallest absolute Gasteiger partial charge is 0.135 e. The Labute approximate surface area is 301 Å². The van der Waals surface area contributed by atoms with Crippen LogP contribution in [0.5, 0.6) is 0 Å². The first kappa shape index (κ1) is 32.0. The van der Waals surface area contributed by atoms with Gasteiger partial charge in [-0.25, -0.2) is 4.98 Å². The molecule has 6 aromatic rings. The number of hydrogen-bond donors (Lipinski definition) is 0. The van der Waals surface area contributed by atoms with Crippen LogP contribution in [0.25, 0.3) is 22.3 Å². The van der Waals surface area contributed by atoms with E-state index in [9.17, 15) is 0 Å². The van der Waals surface area contributed by atoms with Crippen molar-refractivity contribution in [1.82, 2.24) is 4.98 Å². The third-order valence-corrected chi connectivity index (χ3v) is 9.49. The van der Waals surface area contributed by atoms with Crippen LogP contribution in [0, 0.1) is 18.8 Å². The van der Waals surface area contributed by atoms with Crippen LogP contribution >= 0.6 is 11.8 Å². The average molecular weight is 732 g/mol. The van der Waals surface area contributed by atoms with Crippen molar-refractivity contribution in [2.45, 2.75) is 36.0 Å². The van der Waals surface area contributed by atoms with Crippen molar-refractivity contribution >= 4 is 40.3 Å². The molecule has 0 amide bonds. The molecule has 2 aliphatic heterocycles. The van der Waals surface area contributed by atoms with E-state index < -0.39 is 0 Å². The van der Waals surface area contributed by atoms with E-state index in [0.717, 1.165) is 43.9 Å². The number of aromatic nitrogens is 1. The van der Waals surface area contributed by atoms with Gasteiger partial charge in [-0.05, 0) is 59.3 Å². The van der Waals surface area contributed by atoms with Crippen molar-refractivity contribution in [2.24, 2.45) is 0 Å². The summed E-state index contributed by atoms with van der Waals surface area (Å²) in [6, 6.07) is 50.1. The van der Waals surface area contributed by atoms with Gasteiger partial charge in [0.05, 0.1) is 5.69 Å². The maximum Gasteiger partial charge on any atom is 0.135 e. The first-order valence-corrected chi connectivity index (χ1v) is 16.6. The SMILES string of the molecule is CC(C)(C)c1ccc(N2C=CN(c3[c-]c(Sc4[c-]c5c(cc4)-c4ccccc4-c4ccccc4N5c4ccccn4)ccc3)[CH-]2)cc1.[Pd]. The number of anilines is 5. The molecule has 0 saturated heterocycles. The monoisotopic (exact) mass is 731 g/mol. The molecule has 0 fully saturated rings. The van der Waals surface area contributed by atoms with E-state index in [1.807, 2.05) is 18.3 Å². The van der Waals surface area contributed by atoms with Crippen LogP contribution in [0.15, 0.2) is 150 Å². The quantitative estimate of drug-likeness (QED) is 0.130. The summed E-state index contributed by atoms with van der Waals surface area (Å²) in [6.07, 6.45) is 6.01. The second-order valence-corrected chi connectivity index (χ2v) is 13.8. The van der Waals surface area contributed by atoms with Crippen molar-refractivity contribution in [3.63, 3.8) is 0 Å². The first-order valence-electron chi connectivity index (χ1n) is 15.8. The third-order valence-electron chi connectivity index (χ3n) is 8.57. The van der Waals surface area contributed by atoms with E-state index in [1.165, 1.54) is 22.3 Å². The minimum absolute atomic E-state index is 0. The fourth-order valence-electron chi connectivity index (χ4n) is 6.16. The van der Waals surface area contributed by atoms with Gasteiger partial charge in [0.15, 0.2) is 0 Å². The minimum Gasteiger partial charge on any atom is -0.500 e. The summed E-state index contributed by atoms with van der Waals surface area (Å²) >= 11 is 1.66. The van der Waals surface area contributed by atoms with Crippen molar-refractivity contribution in [2.75, 3.05) is 14.7 Å². The molecule has 0 bridgehead atoms. The third kappa shape index (κ3) is 6.08.